The number of aromatic amines is 1. The highest BCUT2D eigenvalue weighted by Crippen LogP contribution is 2.36. The van der Waals surface area contributed by atoms with E-state index in [2.05, 4.69) is 26.1 Å². The topological polar surface area (TPSA) is 142 Å². The molecule has 1 heterocycles. The Balaban J connectivity index is 1.73. The molecule has 0 saturated carbocycles. The maximum atomic E-state index is 13.0. The molecule has 0 aliphatic rings. The predicted molar refractivity (Wildman–Crippen MR) is 111 cm³/mol. The van der Waals surface area contributed by atoms with Crippen molar-refractivity contribution in [1.82, 2.24) is 15.5 Å². The van der Waals surface area contributed by atoms with Crippen LogP contribution in [0, 0.1) is 0 Å². The van der Waals surface area contributed by atoms with Crippen molar-refractivity contribution in [3.63, 3.8) is 0 Å². The molecule has 4 amide bonds. The molecule has 0 radical (unpaired) electrons. The SMILES string of the molecule is C[C@H](NC(=O)c1n[nH]c2cc(NC(=O)Nc3ccc(Cl)c(C(F)(F)F)c3)ccc12)C(N)=O. The van der Waals surface area contributed by atoms with Crippen LogP contribution in [0.3, 0.4) is 0 Å². The van der Waals surface area contributed by atoms with Crippen molar-refractivity contribution in [1.29, 1.82) is 0 Å². The van der Waals surface area contributed by atoms with E-state index >= 15 is 0 Å². The van der Waals surface area contributed by atoms with E-state index in [0.717, 1.165) is 12.1 Å². The maximum Gasteiger partial charge on any atom is 0.417 e. The van der Waals surface area contributed by atoms with Crippen molar-refractivity contribution in [2.24, 2.45) is 5.73 Å². The predicted octanol–water partition coefficient (Wildman–Crippen LogP) is 3.48. The van der Waals surface area contributed by atoms with Crippen LogP contribution in [0.25, 0.3) is 10.9 Å². The number of anilines is 2. The molecule has 13 heteroatoms. The van der Waals surface area contributed by atoms with Gasteiger partial charge >= 0.3 is 12.2 Å². The monoisotopic (exact) mass is 468 g/mol. The number of aromatic nitrogens is 2. The number of rotatable bonds is 5. The second-order valence-electron chi connectivity index (χ2n) is 6.70. The van der Waals surface area contributed by atoms with Crippen LogP contribution < -0.4 is 21.7 Å². The number of hydrogen-bond donors (Lipinski definition) is 5. The zero-order valence-electron chi connectivity index (χ0n) is 16.3. The van der Waals surface area contributed by atoms with E-state index in [1.165, 1.54) is 31.2 Å². The molecular weight excluding hydrogens is 453 g/mol. The van der Waals surface area contributed by atoms with Crippen LogP contribution >= 0.6 is 11.6 Å². The zero-order valence-corrected chi connectivity index (χ0v) is 17.1. The molecule has 1 atom stereocenters. The number of alkyl halides is 3. The van der Waals surface area contributed by atoms with Crippen LogP contribution in [-0.2, 0) is 11.0 Å². The second-order valence-corrected chi connectivity index (χ2v) is 7.11. The summed E-state index contributed by atoms with van der Waals surface area (Å²) in [5.41, 5.74) is 4.63. The van der Waals surface area contributed by atoms with Gasteiger partial charge in [0.1, 0.15) is 6.04 Å². The summed E-state index contributed by atoms with van der Waals surface area (Å²) in [6.07, 6.45) is -4.67. The molecule has 0 aliphatic carbocycles. The summed E-state index contributed by atoms with van der Waals surface area (Å²) in [6, 6.07) is 5.72. The fourth-order valence-corrected chi connectivity index (χ4v) is 2.94. The number of carbonyl (C=O) groups excluding carboxylic acids is 3. The minimum absolute atomic E-state index is 0.0185. The fourth-order valence-electron chi connectivity index (χ4n) is 2.72. The Morgan fingerprint density at radius 1 is 1.09 bits per heavy atom. The highest BCUT2D eigenvalue weighted by molar-refractivity contribution is 6.31. The molecule has 168 valence electrons. The Hall–Kier alpha value is -3.80. The summed E-state index contributed by atoms with van der Waals surface area (Å²) in [6.45, 7) is 1.42. The molecule has 6 N–H and O–H groups in total. The lowest BCUT2D eigenvalue weighted by Crippen LogP contribution is -2.42. The summed E-state index contributed by atoms with van der Waals surface area (Å²) in [5, 5.41) is 13.6. The summed E-state index contributed by atoms with van der Waals surface area (Å²) < 4.78 is 38.9. The average Bonchev–Trinajstić information content (AvgIpc) is 3.11. The lowest BCUT2D eigenvalue weighted by Gasteiger charge is -2.12. The summed E-state index contributed by atoms with van der Waals surface area (Å²) >= 11 is 5.56. The number of amides is 4. The van der Waals surface area contributed by atoms with Gasteiger partial charge in [-0.15, -0.1) is 0 Å². The molecule has 3 aromatic rings. The molecule has 0 fully saturated rings. The van der Waals surface area contributed by atoms with E-state index in [1.807, 2.05) is 0 Å². The van der Waals surface area contributed by atoms with Gasteiger partial charge in [0.2, 0.25) is 5.91 Å². The van der Waals surface area contributed by atoms with Gasteiger partial charge in [0.25, 0.3) is 5.91 Å². The Bertz CT molecular complexity index is 1210. The van der Waals surface area contributed by atoms with Crippen LogP contribution in [0.4, 0.5) is 29.3 Å². The Morgan fingerprint density at radius 3 is 2.34 bits per heavy atom. The number of hydrogen-bond acceptors (Lipinski definition) is 4. The van der Waals surface area contributed by atoms with Crippen LogP contribution in [0.5, 0.6) is 0 Å². The molecule has 0 unspecified atom stereocenters. The third-order valence-electron chi connectivity index (χ3n) is 4.34. The number of halogens is 4. The maximum absolute atomic E-state index is 13.0. The normalized spacial score (nSPS) is 12.3. The standard InChI is InChI=1S/C19H16ClF3N6O3/c1-8(16(24)30)25-17(31)15-11-4-2-10(7-14(11)28-29-15)27-18(32)26-9-3-5-13(20)12(6-9)19(21,22)23/h2-8H,1H3,(H2,24,30)(H,25,31)(H,28,29)(H2,26,27,32)/t8-/m0/s1. The lowest BCUT2D eigenvalue weighted by atomic mass is 10.1. The van der Waals surface area contributed by atoms with Crippen molar-refractivity contribution >= 4 is 51.7 Å². The van der Waals surface area contributed by atoms with Crippen molar-refractivity contribution in [3.8, 4) is 0 Å². The van der Waals surface area contributed by atoms with Gasteiger partial charge in [0.05, 0.1) is 16.1 Å². The minimum Gasteiger partial charge on any atom is -0.368 e. The number of nitrogens with zero attached hydrogens (tertiary/aromatic N) is 1. The summed E-state index contributed by atoms with van der Waals surface area (Å²) in [5.74, 6) is -1.33. The Labute approximate surface area is 183 Å². The van der Waals surface area contributed by atoms with Crippen LogP contribution in [0.15, 0.2) is 36.4 Å². The number of nitrogens with one attached hydrogen (secondary N) is 4. The smallest absolute Gasteiger partial charge is 0.368 e. The molecule has 0 saturated heterocycles. The first-order chi connectivity index (χ1) is 15.0. The largest absolute Gasteiger partial charge is 0.417 e. The first-order valence-corrected chi connectivity index (χ1v) is 9.36. The molecule has 0 bridgehead atoms. The van der Waals surface area contributed by atoms with Crippen molar-refractivity contribution in [2.45, 2.75) is 19.1 Å². The third kappa shape index (κ3) is 5.09. The Morgan fingerprint density at radius 2 is 1.72 bits per heavy atom. The van der Waals surface area contributed by atoms with Gasteiger partial charge in [-0.25, -0.2) is 4.79 Å². The van der Waals surface area contributed by atoms with E-state index in [-0.39, 0.29) is 17.1 Å². The van der Waals surface area contributed by atoms with Gasteiger partial charge in [0.15, 0.2) is 5.69 Å². The highest BCUT2D eigenvalue weighted by atomic mass is 35.5. The molecule has 2 aromatic carbocycles. The number of urea groups is 1. The van der Waals surface area contributed by atoms with Gasteiger partial charge in [-0.05, 0) is 43.3 Å². The van der Waals surface area contributed by atoms with Gasteiger partial charge in [0, 0.05) is 16.8 Å². The van der Waals surface area contributed by atoms with E-state index in [9.17, 15) is 27.6 Å². The fraction of sp³-hybridized carbons (Fsp3) is 0.158. The first kappa shape index (κ1) is 22.9. The molecule has 0 aliphatic heterocycles. The lowest BCUT2D eigenvalue weighted by molar-refractivity contribution is -0.137. The zero-order chi connectivity index (χ0) is 23.6. The van der Waals surface area contributed by atoms with Crippen LogP contribution in [0.2, 0.25) is 5.02 Å². The van der Waals surface area contributed by atoms with E-state index in [1.54, 1.807) is 0 Å². The number of benzene rings is 2. The molecule has 1 aromatic heterocycles. The van der Waals surface area contributed by atoms with Gasteiger partial charge in [-0.1, -0.05) is 11.6 Å². The summed E-state index contributed by atoms with van der Waals surface area (Å²) in [7, 11) is 0. The summed E-state index contributed by atoms with van der Waals surface area (Å²) in [4.78, 5) is 35.5. The molecule has 0 spiro atoms. The number of nitrogens with two attached hydrogens (primary N) is 1. The number of primary amides is 1. The minimum atomic E-state index is -4.67. The van der Waals surface area contributed by atoms with E-state index < -0.39 is 40.6 Å². The van der Waals surface area contributed by atoms with Gasteiger partial charge < -0.3 is 21.7 Å². The Kier molecular flexibility index (Phi) is 6.25. The van der Waals surface area contributed by atoms with Gasteiger partial charge in [-0.2, -0.15) is 18.3 Å². The molecular formula is C19H16ClF3N6O3. The third-order valence-corrected chi connectivity index (χ3v) is 4.67. The molecule has 32 heavy (non-hydrogen) atoms. The molecule has 3 rings (SSSR count). The van der Waals surface area contributed by atoms with Crippen molar-refractivity contribution in [2.75, 3.05) is 10.6 Å². The second kappa shape index (κ2) is 8.75. The average molecular weight is 469 g/mol. The van der Waals surface area contributed by atoms with Gasteiger partial charge in [-0.3, -0.25) is 14.7 Å². The van der Waals surface area contributed by atoms with Crippen LogP contribution in [-0.4, -0.2) is 34.1 Å². The molecule has 9 nitrogen and oxygen atoms in total. The quantitative estimate of drug-likeness (QED) is 0.390. The van der Waals surface area contributed by atoms with E-state index in [4.69, 9.17) is 17.3 Å². The van der Waals surface area contributed by atoms with E-state index in [0.29, 0.717) is 10.9 Å². The van der Waals surface area contributed by atoms with Crippen molar-refractivity contribution in [3.05, 3.63) is 52.7 Å². The highest BCUT2D eigenvalue weighted by Gasteiger charge is 2.33. The van der Waals surface area contributed by atoms with Crippen molar-refractivity contribution < 1.29 is 27.6 Å². The van der Waals surface area contributed by atoms with Crippen LogP contribution in [0.1, 0.15) is 23.0 Å². The number of carbonyl (C=O) groups is 3. The number of fused-ring (bicyclic) bond motifs is 1. The number of H-pyrrole nitrogens is 1. The first-order valence-electron chi connectivity index (χ1n) is 8.98.